The molecule has 1 aliphatic heterocycles. The number of aromatic nitrogens is 2. The van der Waals surface area contributed by atoms with E-state index in [1.54, 1.807) is 30.5 Å². The second-order valence-electron chi connectivity index (χ2n) is 6.33. The lowest BCUT2D eigenvalue weighted by molar-refractivity contribution is -0.133. The molecule has 0 radical (unpaired) electrons. The summed E-state index contributed by atoms with van der Waals surface area (Å²) >= 11 is 5.85. The van der Waals surface area contributed by atoms with Gasteiger partial charge in [0, 0.05) is 31.2 Å². The van der Waals surface area contributed by atoms with Crippen molar-refractivity contribution in [1.82, 2.24) is 14.9 Å². The number of nitrogens with zero attached hydrogens (tertiary/aromatic N) is 4. The van der Waals surface area contributed by atoms with Crippen LogP contribution in [0.4, 0.5) is 5.82 Å². The molecule has 0 unspecified atom stereocenters. The number of rotatable bonds is 4. The Morgan fingerprint density at radius 2 is 1.70 bits per heavy atom. The van der Waals surface area contributed by atoms with Crippen LogP contribution in [0.1, 0.15) is 0 Å². The number of ether oxygens (including phenoxy) is 1. The van der Waals surface area contributed by atoms with Crippen molar-refractivity contribution in [3.8, 4) is 5.75 Å². The van der Waals surface area contributed by atoms with E-state index in [1.165, 1.54) is 0 Å². The molecule has 1 amide bonds. The smallest absolute Gasteiger partial charge is 0.260 e. The van der Waals surface area contributed by atoms with Crippen LogP contribution in [0.2, 0.25) is 5.02 Å². The lowest BCUT2D eigenvalue weighted by Gasteiger charge is -2.35. The van der Waals surface area contributed by atoms with Crippen molar-refractivity contribution in [1.29, 1.82) is 0 Å². The molecule has 1 aliphatic rings. The Morgan fingerprint density at radius 1 is 1.00 bits per heavy atom. The number of hydrogen-bond acceptors (Lipinski definition) is 5. The van der Waals surface area contributed by atoms with Crippen LogP contribution in [-0.4, -0.2) is 53.6 Å². The van der Waals surface area contributed by atoms with E-state index < -0.39 is 0 Å². The molecule has 2 aromatic carbocycles. The standard InChI is InChI=1S/C20H19ClN4O2/c21-15-5-7-16(8-6-15)27-14-20(26)25-11-9-24(10-12-25)19-13-22-17-3-1-2-4-18(17)23-19/h1-8,13H,9-12,14H2. The summed E-state index contributed by atoms with van der Waals surface area (Å²) in [5, 5.41) is 0.640. The number of fused-ring (bicyclic) bond motifs is 1. The SMILES string of the molecule is O=C(COc1ccc(Cl)cc1)N1CCN(c2cnc3ccccc3n2)CC1. The number of amides is 1. The first-order valence-corrected chi connectivity index (χ1v) is 9.20. The molecule has 4 rings (SSSR count). The highest BCUT2D eigenvalue weighted by Crippen LogP contribution is 2.18. The number of piperazine rings is 1. The summed E-state index contributed by atoms with van der Waals surface area (Å²) in [6.45, 7) is 2.74. The van der Waals surface area contributed by atoms with E-state index in [1.807, 2.05) is 29.2 Å². The second kappa shape index (κ2) is 7.80. The first-order chi connectivity index (χ1) is 13.2. The summed E-state index contributed by atoms with van der Waals surface area (Å²) in [5.74, 6) is 1.46. The van der Waals surface area contributed by atoms with Gasteiger partial charge in [-0.15, -0.1) is 0 Å². The van der Waals surface area contributed by atoms with E-state index in [2.05, 4.69) is 14.9 Å². The number of carbonyl (C=O) groups is 1. The molecule has 2 heterocycles. The van der Waals surface area contributed by atoms with E-state index in [-0.39, 0.29) is 12.5 Å². The predicted molar refractivity (Wildman–Crippen MR) is 105 cm³/mol. The van der Waals surface area contributed by atoms with Gasteiger partial charge in [0.25, 0.3) is 5.91 Å². The fourth-order valence-corrected chi connectivity index (χ4v) is 3.18. The van der Waals surface area contributed by atoms with E-state index in [9.17, 15) is 4.79 Å². The lowest BCUT2D eigenvalue weighted by atomic mass is 10.3. The molecule has 6 nitrogen and oxygen atoms in total. The van der Waals surface area contributed by atoms with Gasteiger partial charge in [-0.2, -0.15) is 0 Å². The highest BCUT2D eigenvalue weighted by atomic mass is 35.5. The lowest BCUT2D eigenvalue weighted by Crippen LogP contribution is -2.50. The Morgan fingerprint density at radius 3 is 2.44 bits per heavy atom. The van der Waals surface area contributed by atoms with Crippen molar-refractivity contribution in [2.75, 3.05) is 37.7 Å². The van der Waals surface area contributed by atoms with Gasteiger partial charge in [-0.05, 0) is 36.4 Å². The van der Waals surface area contributed by atoms with Crippen LogP contribution in [0, 0.1) is 0 Å². The molecule has 0 aliphatic carbocycles. The molecular formula is C20H19ClN4O2. The van der Waals surface area contributed by atoms with Crippen molar-refractivity contribution in [2.45, 2.75) is 0 Å². The molecule has 1 aromatic heterocycles. The van der Waals surface area contributed by atoms with Gasteiger partial charge in [-0.3, -0.25) is 9.78 Å². The monoisotopic (exact) mass is 382 g/mol. The second-order valence-corrected chi connectivity index (χ2v) is 6.76. The van der Waals surface area contributed by atoms with Crippen molar-refractivity contribution in [2.24, 2.45) is 0 Å². The van der Waals surface area contributed by atoms with Gasteiger partial charge in [-0.1, -0.05) is 23.7 Å². The number of halogens is 1. The van der Waals surface area contributed by atoms with Crippen LogP contribution in [0.25, 0.3) is 11.0 Å². The van der Waals surface area contributed by atoms with Crippen LogP contribution < -0.4 is 9.64 Å². The third-order valence-electron chi connectivity index (χ3n) is 4.57. The van der Waals surface area contributed by atoms with Gasteiger partial charge in [0.1, 0.15) is 11.6 Å². The highest BCUT2D eigenvalue weighted by molar-refractivity contribution is 6.30. The third kappa shape index (κ3) is 4.11. The molecule has 3 aromatic rings. The van der Waals surface area contributed by atoms with Crippen LogP contribution in [-0.2, 0) is 4.79 Å². The summed E-state index contributed by atoms with van der Waals surface area (Å²) in [4.78, 5) is 25.5. The van der Waals surface area contributed by atoms with Crippen molar-refractivity contribution >= 4 is 34.4 Å². The maximum atomic E-state index is 12.4. The van der Waals surface area contributed by atoms with Gasteiger partial charge in [0.2, 0.25) is 0 Å². The summed E-state index contributed by atoms with van der Waals surface area (Å²) < 4.78 is 5.55. The molecule has 1 saturated heterocycles. The molecule has 27 heavy (non-hydrogen) atoms. The Hall–Kier alpha value is -2.86. The van der Waals surface area contributed by atoms with Crippen molar-refractivity contribution < 1.29 is 9.53 Å². The number of benzene rings is 2. The highest BCUT2D eigenvalue weighted by Gasteiger charge is 2.22. The predicted octanol–water partition coefficient (Wildman–Crippen LogP) is 3.01. The molecule has 0 bridgehead atoms. The normalized spacial score (nSPS) is 14.4. The minimum absolute atomic E-state index is 0.0193. The minimum atomic E-state index is -0.0193. The first kappa shape index (κ1) is 17.5. The first-order valence-electron chi connectivity index (χ1n) is 8.82. The third-order valence-corrected chi connectivity index (χ3v) is 4.82. The van der Waals surface area contributed by atoms with Crippen LogP contribution in [0.3, 0.4) is 0 Å². The van der Waals surface area contributed by atoms with Gasteiger partial charge < -0.3 is 14.5 Å². The van der Waals surface area contributed by atoms with Gasteiger partial charge >= 0.3 is 0 Å². The molecular weight excluding hydrogens is 364 g/mol. The Labute approximate surface area is 162 Å². The maximum absolute atomic E-state index is 12.4. The zero-order valence-corrected chi connectivity index (χ0v) is 15.5. The van der Waals surface area contributed by atoms with Crippen molar-refractivity contribution in [3.63, 3.8) is 0 Å². The summed E-state index contributed by atoms with van der Waals surface area (Å²) in [6.07, 6.45) is 1.80. The Bertz CT molecular complexity index is 940. The number of anilines is 1. The van der Waals surface area contributed by atoms with Gasteiger partial charge in [0.15, 0.2) is 6.61 Å². The number of hydrogen-bond donors (Lipinski definition) is 0. The molecule has 0 atom stereocenters. The molecule has 0 N–H and O–H groups in total. The molecule has 7 heteroatoms. The Kier molecular flexibility index (Phi) is 5.07. The van der Waals surface area contributed by atoms with Gasteiger partial charge in [-0.25, -0.2) is 4.98 Å². The fraction of sp³-hybridized carbons (Fsp3) is 0.250. The summed E-state index contributed by atoms with van der Waals surface area (Å²) in [5.41, 5.74) is 1.76. The van der Waals surface area contributed by atoms with Crippen LogP contribution in [0.15, 0.2) is 54.7 Å². The van der Waals surface area contributed by atoms with E-state index in [0.717, 1.165) is 29.9 Å². The minimum Gasteiger partial charge on any atom is -0.484 e. The molecule has 0 spiro atoms. The summed E-state index contributed by atoms with van der Waals surface area (Å²) in [7, 11) is 0. The van der Waals surface area contributed by atoms with Gasteiger partial charge in [0.05, 0.1) is 17.2 Å². The zero-order chi connectivity index (χ0) is 18.6. The molecule has 0 saturated carbocycles. The average molecular weight is 383 g/mol. The largest absolute Gasteiger partial charge is 0.484 e. The molecule has 1 fully saturated rings. The van der Waals surface area contributed by atoms with Crippen LogP contribution >= 0.6 is 11.6 Å². The number of carbonyl (C=O) groups excluding carboxylic acids is 1. The molecule has 138 valence electrons. The topological polar surface area (TPSA) is 58.6 Å². The number of para-hydroxylation sites is 2. The van der Waals surface area contributed by atoms with E-state index in [0.29, 0.717) is 23.9 Å². The average Bonchev–Trinajstić information content (AvgIpc) is 2.73. The maximum Gasteiger partial charge on any atom is 0.260 e. The van der Waals surface area contributed by atoms with E-state index >= 15 is 0 Å². The van der Waals surface area contributed by atoms with Crippen molar-refractivity contribution in [3.05, 3.63) is 59.8 Å². The fourth-order valence-electron chi connectivity index (χ4n) is 3.05. The zero-order valence-electron chi connectivity index (χ0n) is 14.7. The Balaban J connectivity index is 1.32. The van der Waals surface area contributed by atoms with E-state index in [4.69, 9.17) is 16.3 Å². The quantitative estimate of drug-likeness (QED) is 0.694. The summed E-state index contributed by atoms with van der Waals surface area (Å²) in [6, 6.07) is 14.8. The van der Waals surface area contributed by atoms with Crippen LogP contribution in [0.5, 0.6) is 5.75 Å².